The molecule has 0 aliphatic heterocycles. The van der Waals surface area contributed by atoms with Crippen molar-refractivity contribution in [2.75, 3.05) is 0 Å². The molecule has 21 heavy (non-hydrogen) atoms. The molecule has 1 N–H and O–H groups in total. The summed E-state index contributed by atoms with van der Waals surface area (Å²) >= 11 is 0. The Balaban J connectivity index is 1.70. The monoisotopic (exact) mass is 279 g/mol. The lowest BCUT2D eigenvalue weighted by Crippen LogP contribution is -1.95. The molecule has 0 aliphatic carbocycles. The zero-order valence-electron chi connectivity index (χ0n) is 12.6. The quantitative estimate of drug-likeness (QED) is 0.677. The lowest BCUT2D eigenvalue weighted by atomic mass is 9.99. The topological polar surface area (TPSA) is 25.0 Å². The van der Waals surface area contributed by atoms with Crippen molar-refractivity contribution in [2.24, 2.45) is 0 Å². The molecule has 2 heteroatoms. The van der Waals surface area contributed by atoms with Crippen molar-refractivity contribution in [3.63, 3.8) is 0 Å². The molecule has 0 aliphatic rings. The first-order valence-corrected chi connectivity index (χ1v) is 7.55. The van der Waals surface area contributed by atoms with Crippen molar-refractivity contribution in [1.29, 1.82) is 0 Å². The predicted octanol–water partition coefficient (Wildman–Crippen LogP) is 5.26. The molecule has 2 aromatic carbocycles. The van der Waals surface area contributed by atoms with E-state index in [2.05, 4.69) is 61.3 Å². The van der Waals surface area contributed by atoms with Gasteiger partial charge in [0.05, 0.1) is 0 Å². The van der Waals surface area contributed by atoms with Crippen LogP contribution >= 0.6 is 0 Å². The van der Waals surface area contributed by atoms with Gasteiger partial charge in [0.25, 0.3) is 0 Å². The second-order valence-electron chi connectivity index (χ2n) is 5.53. The highest BCUT2D eigenvalue weighted by atomic mass is 16.5. The highest BCUT2D eigenvalue weighted by molar-refractivity contribution is 5.82. The summed E-state index contributed by atoms with van der Waals surface area (Å²) in [7, 11) is 0. The van der Waals surface area contributed by atoms with Gasteiger partial charge in [-0.05, 0) is 36.1 Å². The van der Waals surface area contributed by atoms with Crippen LogP contribution in [-0.4, -0.2) is 4.98 Å². The van der Waals surface area contributed by atoms with E-state index in [-0.39, 0.29) is 0 Å². The van der Waals surface area contributed by atoms with Crippen LogP contribution in [0, 0.1) is 0 Å². The molecule has 0 amide bonds. The molecular formula is C19H21NO. The maximum Gasteiger partial charge on any atom is 0.119 e. The van der Waals surface area contributed by atoms with Crippen molar-refractivity contribution in [3.8, 4) is 5.75 Å². The zero-order chi connectivity index (χ0) is 14.7. The highest BCUT2D eigenvalue weighted by Crippen LogP contribution is 2.23. The third-order valence-corrected chi connectivity index (χ3v) is 4.13. The van der Waals surface area contributed by atoms with Crippen LogP contribution in [0.4, 0.5) is 0 Å². The smallest absolute Gasteiger partial charge is 0.119 e. The number of benzene rings is 2. The van der Waals surface area contributed by atoms with Gasteiger partial charge in [0.2, 0.25) is 0 Å². The first kappa shape index (κ1) is 13.7. The summed E-state index contributed by atoms with van der Waals surface area (Å²) in [5.74, 6) is 1.53. The summed E-state index contributed by atoms with van der Waals surface area (Å²) in [6.45, 7) is 5.06. The molecule has 0 spiro atoms. The normalized spacial score (nSPS) is 12.5. The third kappa shape index (κ3) is 2.94. The van der Waals surface area contributed by atoms with E-state index in [1.165, 1.54) is 16.5 Å². The molecule has 0 bridgehead atoms. The first-order chi connectivity index (χ1) is 10.3. The van der Waals surface area contributed by atoms with Crippen LogP contribution in [0.5, 0.6) is 5.75 Å². The Labute approximate surface area is 125 Å². The van der Waals surface area contributed by atoms with E-state index in [9.17, 15) is 0 Å². The number of aromatic nitrogens is 1. The molecule has 2 nitrogen and oxygen atoms in total. The van der Waals surface area contributed by atoms with E-state index in [4.69, 9.17) is 4.74 Å². The van der Waals surface area contributed by atoms with Gasteiger partial charge in [-0.1, -0.05) is 44.2 Å². The van der Waals surface area contributed by atoms with Crippen molar-refractivity contribution in [2.45, 2.75) is 32.8 Å². The minimum Gasteiger partial charge on any atom is -0.489 e. The molecule has 0 fully saturated rings. The average molecular weight is 279 g/mol. The second kappa shape index (κ2) is 6.04. The lowest BCUT2D eigenvalue weighted by molar-refractivity contribution is 0.307. The van der Waals surface area contributed by atoms with Gasteiger partial charge >= 0.3 is 0 Å². The molecule has 3 aromatic rings. The SMILES string of the molecule is CCC(C)c1ccc(OCc2c[nH]c3ccccc23)cc1. The van der Waals surface area contributed by atoms with Crippen molar-refractivity contribution in [1.82, 2.24) is 4.98 Å². The van der Waals surface area contributed by atoms with E-state index < -0.39 is 0 Å². The van der Waals surface area contributed by atoms with Gasteiger partial charge in [-0.25, -0.2) is 0 Å². The standard InChI is InChI=1S/C19H21NO/c1-3-14(2)15-8-10-17(11-9-15)21-13-16-12-20-19-7-5-4-6-18(16)19/h4-12,14,20H,3,13H2,1-2H3. The third-order valence-electron chi connectivity index (χ3n) is 4.13. The van der Waals surface area contributed by atoms with Crippen LogP contribution in [0.25, 0.3) is 10.9 Å². The number of H-pyrrole nitrogens is 1. The van der Waals surface area contributed by atoms with E-state index in [1.807, 2.05) is 12.3 Å². The molecule has 108 valence electrons. The van der Waals surface area contributed by atoms with E-state index in [0.717, 1.165) is 17.7 Å². The molecule has 1 atom stereocenters. The molecule has 0 radical (unpaired) electrons. The fourth-order valence-corrected chi connectivity index (χ4v) is 2.54. The summed E-state index contributed by atoms with van der Waals surface area (Å²) in [6, 6.07) is 16.8. The number of aromatic amines is 1. The van der Waals surface area contributed by atoms with Crippen LogP contribution in [0.2, 0.25) is 0 Å². The fraction of sp³-hybridized carbons (Fsp3) is 0.263. The van der Waals surface area contributed by atoms with Crippen molar-refractivity contribution < 1.29 is 4.74 Å². The van der Waals surface area contributed by atoms with Gasteiger partial charge in [-0.3, -0.25) is 0 Å². The number of hydrogen-bond acceptors (Lipinski definition) is 1. The van der Waals surface area contributed by atoms with Crippen molar-refractivity contribution in [3.05, 3.63) is 65.9 Å². The number of para-hydroxylation sites is 1. The Morgan fingerprint density at radius 2 is 1.81 bits per heavy atom. The van der Waals surface area contributed by atoms with E-state index >= 15 is 0 Å². The summed E-state index contributed by atoms with van der Waals surface area (Å²) in [6.07, 6.45) is 3.19. The van der Waals surface area contributed by atoms with Crippen LogP contribution in [-0.2, 0) is 6.61 Å². The van der Waals surface area contributed by atoms with Gasteiger partial charge in [-0.15, -0.1) is 0 Å². The zero-order valence-corrected chi connectivity index (χ0v) is 12.6. The largest absolute Gasteiger partial charge is 0.489 e. The predicted molar refractivity (Wildman–Crippen MR) is 87.8 cm³/mol. The van der Waals surface area contributed by atoms with Crippen LogP contribution < -0.4 is 4.74 Å². The van der Waals surface area contributed by atoms with Crippen LogP contribution in [0.3, 0.4) is 0 Å². The Bertz CT molecular complexity index is 712. The van der Waals surface area contributed by atoms with Gasteiger partial charge in [-0.2, -0.15) is 0 Å². The summed E-state index contributed by atoms with van der Waals surface area (Å²) in [5.41, 5.74) is 3.72. The Morgan fingerprint density at radius 3 is 2.57 bits per heavy atom. The molecule has 1 aromatic heterocycles. The Morgan fingerprint density at radius 1 is 1.05 bits per heavy atom. The number of nitrogens with one attached hydrogen (secondary N) is 1. The molecular weight excluding hydrogens is 258 g/mol. The van der Waals surface area contributed by atoms with E-state index in [0.29, 0.717) is 12.5 Å². The van der Waals surface area contributed by atoms with Crippen LogP contribution in [0.15, 0.2) is 54.7 Å². The minimum absolute atomic E-state index is 0.590. The highest BCUT2D eigenvalue weighted by Gasteiger charge is 2.05. The summed E-state index contributed by atoms with van der Waals surface area (Å²) < 4.78 is 5.91. The minimum atomic E-state index is 0.590. The van der Waals surface area contributed by atoms with Gasteiger partial charge < -0.3 is 9.72 Å². The Hall–Kier alpha value is -2.22. The molecule has 0 saturated heterocycles. The molecule has 1 heterocycles. The van der Waals surface area contributed by atoms with Crippen LogP contribution in [0.1, 0.15) is 37.3 Å². The fourth-order valence-electron chi connectivity index (χ4n) is 2.54. The number of rotatable bonds is 5. The Kier molecular flexibility index (Phi) is 3.96. The van der Waals surface area contributed by atoms with Gasteiger partial charge in [0.15, 0.2) is 0 Å². The van der Waals surface area contributed by atoms with Gasteiger partial charge in [0, 0.05) is 22.7 Å². The average Bonchev–Trinajstić information content (AvgIpc) is 2.96. The number of fused-ring (bicyclic) bond motifs is 1. The summed E-state index contributed by atoms with van der Waals surface area (Å²) in [4.78, 5) is 3.28. The summed E-state index contributed by atoms with van der Waals surface area (Å²) in [5, 5.41) is 1.23. The van der Waals surface area contributed by atoms with E-state index in [1.54, 1.807) is 0 Å². The number of ether oxygens (including phenoxy) is 1. The molecule has 0 saturated carbocycles. The van der Waals surface area contributed by atoms with Gasteiger partial charge in [0.1, 0.15) is 12.4 Å². The maximum atomic E-state index is 5.91. The molecule has 1 unspecified atom stereocenters. The second-order valence-corrected chi connectivity index (χ2v) is 5.53. The first-order valence-electron chi connectivity index (χ1n) is 7.55. The van der Waals surface area contributed by atoms with Crippen molar-refractivity contribution >= 4 is 10.9 Å². The lowest BCUT2D eigenvalue weighted by Gasteiger charge is -2.10. The number of hydrogen-bond donors (Lipinski definition) is 1. The maximum absolute atomic E-state index is 5.91. The molecule has 3 rings (SSSR count).